The van der Waals surface area contributed by atoms with Crippen molar-refractivity contribution < 1.29 is 44.4 Å². The number of ketones is 4. The van der Waals surface area contributed by atoms with E-state index < -0.39 is 81.2 Å². The van der Waals surface area contributed by atoms with Crippen molar-refractivity contribution in [3.8, 4) is 17.2 Å². The Bertz CT molecular complexity index is 1330. The van der Waals surface area contributed by atoms with Crippen molar-refractivity contribution in [1.29, 1.82) is 0 Å². The maximum absolute atomic E-state index is 13.6. The Labute approximate surface area is 192 Å². The van der Waals surface area contributed by atoms with E-state index in [1.807, 2.05) is 0 Å². The number of aliphatic hydroxyl groups is 1. The van der Waals surface area contributed by atoms with Crippen LogP contribution in [0.5, 0.6) is 17.2 Å². The van der Waals surface area contributed by atoms with Gasteiger partial charge in [-0.25, -0.2) is 0 Å². The van der Waals surface area contributed by atoms with Gasteiger partial charge in [-0.3, -0.25) is 24.0 Å². The molecule has 1 fully saturated rings. The van der Waals surface area contributed by atoms with Gasteiger partial charge in [-0.05, 0) is 12.1 Å². The Morgan fingerprint density at radius 1 is 1.09 bits per heavy atom. The lowest BCUT2D eigenvalue weighted by atomic mass is 9.55. The Hall–Kier alpha value is -3.99. The van der Waals surface area contributed by atoms with Gasteiger partial charge >= 0.3 is 0 Å². The number of phenols is 3. The van der Waals surface area contributed by atoms with Crippen LogP contribution in [0.3, 0.4) is 0 Å². The van der Waals surface area contributed by atoms with Gasteiger partial charge in [-0.15, -0.1) is 0 Å². The summed E-state index contributed by atoms with van der Waals surface area (Å²) >= 11 is 0. The summed E-state index contributed by atoms with van der Waals surface area (Å²) in [6.07, 6.45) is -0.993. The molecule has 0 heterocycles. The van der Waals surface area contributed by atoms with Crippen LogP contribution < -0.4 is 11.5 Å². The van der Waals surface area contributed by atoms with E-state index in [2.05, 4.69) is 0 Å². The minimum absolute atomic E-state index is 0.0361. The SMILES string of the molecule is CCC(=O)C[C@H]1c2c(c(O)c3c(O)c(N)ccc3c2O)C(=O)[C@]2(O)C(=O)C(C(N)=O)C(=O)C[C@H]12. The third kappa shape index (κ3) is 2.83. The highest BCUT2D eigenvalue weighted by atomic mass is 16.3. The lowest BCUT2D eigenvalue weighted by Crippen LogP contribution is -2.65. The molecule has 8 N–H and O–H groups in total. The van der Waals surface area contributed by atoms with E-state index in [9.17, 15) is 44.4 Å². The number of anilines is 1. The molecule has 178 valence electrons. The number of phenolic OH excluding ortho intramolecular Hbond substituents is 3. The molecule has 1 saturated carbocycles. The number of carbonyl (C=O) groups is 5. The highest BCUT2D eigenvalue weighted by molar-refractivity contribution is 6.32. The average Bonchev–Trinajstić information content (AvgIpc) is 2.77. The van der Waals surface area contributed by atoms with Gasteiger partial charge in [0.05, 0.1) is 16.6 Å². The monoisotopic (exact) mass is 470 g/mol. The van der Waals surface area contributed by atoms with Crippen LogP contribution in [0.4, 0.5) is 5.69 Å². The molecule has 1 amide bonds. The minimum Gasteiger partial charge on any atom is -0.507 e. The van der Waals surface area contributed by atoms with Crippen LogP contribution >= 0.6 is 0 Å². The van der Waals surface area contributed by atoms with Gasteiger partial charge in [-0.2, -0.15) is 0 Å². The summed E-state index contributed by atoms with van der Waals surface area (Å²) in [6.45, 7) is 1.56. The second-order valence-electron chi connectivity index (χ2n) is 8.69. The van der Waals surface area contributed by atoms with E-state index in [1.54, 1.807) is 6.92 Å². The van der Waals surface area contributed by atoms with Gasteiger partial charge in [0.15, 0.2) is 23.1 Å². The van der Waals surface area contributed by atoms with Crippen LogP contribution in [0.25, 0.3) is 10.8 Å². The van der Waals surface area contributed by atoms with E-state index in [0.717, 1.165) is 0 Å². The molecule has 2 aliphatic rings. The fourth-order valence-electron chi connectivity index (χ4n) is 5.21. The molecule has 0 aliphatic heterocycles. The molecule has 1 unspecified atom stereocenters. The largest absolute Gasteiger partial charge is 0.507 e. The van der Waals surface area contributed by atoms with Crippen molar-refractivity contribution in [2.45, 2.75) is 37.7 Å². The third-order valence-corrected chi connectivity index (χ3v) is 6.94. The van der Waals surface area contributed by atoms with Crippen LogP contribution in [0.15, 0.2) is 12.1 Å². The maximum atomic E-state index is 13.6. The number of nitrogen functional groups attached to an aromatic ring is 1. The molecule has 0 aromatic heterocycles. The fraction of sp³-hybridized carbons (Fsp3) is 0.348. The van der Waals surface area contributed by atoms with Gasteiger partial charge in [0, 0.05) is 42.0 Å². The van der Waals surface area contributed by atoms with Crippen molar-refractivity contribution in [3.63, 3.8) is 0 Å². The van der Waals surface area contributed by atoms with Crippen LogP contribution in [-0.2, 0) is 19.2 Å². The number of hydrogen-bond acceptors (Lipinski definition) is 10. The Kier molecular flexibility index (Phi) is 5.13. The quantitative estimate of drug-likeness (QED) is 0.154. The van der Waals surface area contributed by atoms with Gasteiger partial charge in [0.1, 0.15) is 23.0 Å². The van der Waals surface area contributed by atoms with Gasteiger partial charge in [-0.1, -0.05) is 6.92 Å². The number of nitrogens with two attached hydrogens (primary N) is 2. The van der Waals surface area contributed by atoms with Crippen molar-refractivity contribution in [1.82, 2.24) is 0 Å². The van der Waals surface area contributed by atoms with E-state index in [0.29, 0.717) is 0 Å². The fourth-order valence-corrected chi connectivity index (χ4v) is 5.21. The van der Waals surface area contributed by atoms with Crippen LogP contribution in [0, 0.1) is 11.8 Å². The zero-order valence-electron chi connectivity index (χ0n) is 18.0. The van der Waals surface area contributed by atoms with E-state index in [-0.39, 0.29) is 35.3 Å². The molecule has 2 aromatic carbocycles. The molecule has 0 spiro atoms. The molecule has 2 aliphatic carbocycles. The Morgan fingerprint density at radius 2 is 1.74 bits per heavy atom. The first-order chi connectivity index (χ1) is 15.9. The number of amides is 1. The highest BCUT2D eigenvalue weighted by Gasteiger charge is 2.65. The van der Waals surface area contributed by atoms with Crippen LogP contribution in [0.2, 0.25) is 0 Å². The molecule has 11 heteroatoms. The lowest BCUT2D eigenvalue weighted by Gasteiger charge is -2.47. The minimum atomic E-state index is -2.98. The Balaban J connectivity index is 2.12. The normalized spacial score (nSPS) is 26.3. The predicted octanol–water partition coefficient (Wildman–Crippen LogP) is 0.179. The molecular formula is C23H22N2O9. The number of carbonyl (C=O) groups excluding carboxylic acids is 5. The second kappa shape index (κ2) is 7.52. The average molecular weight is 470 g/mol. The zero-order chi connectivity index (χ0) is 25.3. The molecule has 11 nitrogen and oxygen atoms in total. The highest BCUT2D eigenvalue weighted by Crippen LogP contribution is 2.57. The van der Waals surface area contributed by atoms with Gasteiger partial charge < -0.3 is 31.9 Å². The van der Waals surface area contributed by atoms with Gasteiger partial charge in [0.25, 0.3) is 0 Å². The smallest absolute Gasteiger partial charge is 0.235 e. The topological polar surface area (TPSA) is 218 Å². The summed E-state index contributed by atoms with van der Waals surface area (Å²) in [5.74, 6) is -12.4. The predicted molar refractivity (Wildman–Crippen MR) is 116 cm³/mol. The number of aromatic hydroxyl groups is 3. The number of Topliss-reactive ketones (excluding diaryl/α,β-unsaturated/α-hetero) is 4. The first-order valence-electron chi connectivity index (χ1n) is 10.5. The van der Waals surface area contributed by atoms with Crippen molar-refractivity contribution >= 4 is 45.5 Å². The summed E-state index contributed by atoms with van der Waals surface area (Å²) < 4.78 is 0. The number of primary amides is 1. The molecule has 2 aromatic rings. The standard InChI is InChI=1S/C23H22N2O9/c1-2-7(26)5-9-10-6-12(27)15(22(25)33)20(31)23(10,34)21(32)16-13(9)17(28)8-3-4-11(24)18(29)14(8)19(16)30/h3-4,9-10,15,28-30,34H,2,5-6,24H2,1H3,(H2,25,33)/t9-,10-,15?,23-/m1/s1. The zero-order valence-corrected chi connectivity index (χ0v) is 18.0. The van der Waals surface area contributed by atoms with Gasteiger partial charge in [0.2, 0.25) is 11.7 Å². The molecule has 0 radical (unpaired) electrons. The summed E-state index contributed by atoms with van der Waals surface area (Å²) in [4.78, 5) is 63.6. The van der Waals surface area contributed by atoms with Crippen molar-refractivity contribution in [2.24, 2.45) is 17.6 Å². The molecule has 4 atom stereocenters. The summed E-state index contributed by atoms with van der Waals surface area (Å²) in [7, 11) is 0. The lowest BCUT2D eigenvalue weighted by molar-refractivity contribution is -0.158. The third-order valence-electron chi connectivity index (χ3n) is 6.94. The summed E-state index contributed by atoms with van der Waals surface area (Å²) in [5, 5.41) is 43.4. The Morgan fingerprint density at radius 3 is 2.32 bits per heavy atom. The molecule has 34 heavy (non-hydrogen) atoms. The number of hydrogen-bond donors (Lipinski definition) is 6. The second-order valence-corrected chi connectivity index (χ2v) is 8.69. The number of benzene rings is 2. The van der Waals surface area contributed by atoms with E-state index in [4.69, 9.17) is 11.5 Å². The van der Waals surface area contributed by atoms with Crippen molar-refractivity contribution in [3.05, 3.63) is 23.3 Å². The molecule has 4 rings (SSSR count). The molecule has 0 bridgehead atoms. The summed E-state index contributed by atoms with van der Waals surface area (Å²) in [6, 6.07) is 2.53. The first-order valence-corrected chi connectivity index (χ1v) is 10.5. The van der Waals surface area contributed by atoms with Crippen LogP contribution in [-0.4, -0.2) is 55.1 Å². The number of fused-ring (bicyclic) bond motifs is 3. The van der Waals surface area contributed by atoms with E-state index >= 15 is 0 Å². The number of rotatable bonds is 4. The summed E-state index contributed by atoms with van der Waals surface area (Å²) in [5.41, 5.74) is 6.75. The maximum Gasteiger partial charge on any atom is 0.235 e. The molecular weight excluding hydrogens is 448 g/mol. The van der Waals surface area contributed by atoms with Crippen LogP contribution in [0.1, 0.15) is 48.0 Å². The first kappa shape index (κ1) is 23.2. The molecule has 0 saturated heterocycles. The van der Waals surface area contributed by atoms with Crippen molar-refractivity contribution in [2.75, 3.05) is 5.73 Å². The van der Waals surface area contributed by atoms with E-state index in [1.165, 1.54) is 12.1 Å².